The summed E-state index contributed by atoms with van der Waals surface area (Å²) in [5.41, 5.74) is 2.71. The molecule has 2 heterocycles. The summed E-state index contributed by atoms with van der Waals surface area (Å²) < 4.78 is 4.70. The van der Waals surface area contributed by atoms with Crippen molar-refractivity contribution in [3.8, 4) is 11.4 Å². The van der Waals surface area contributed by atoms with Gasteiger partial charge in [0.15, 0.2) is 0 Å². The number of halogens is 1. The molecule has 1 aromatic heterocycles. The third kappa shape index (κ3) is 3.93. The zero-order valence-corrected chi connectivity index (χ0v) is 12.7. The van der Waals surface area contributed by atoms with Crippen molar-refractivity contribution >= 4 is 18.3 Å². The van der Waals surface area contributed by atoms with Crippen LogP contribution in [0.4, 0.5) is 0 Å². The van der Waals surface area contributed by atoms with E-state index in [4.69, 9.17) is 4.52 Å². The Bertz CT molecular complexity index is 638. The molecule has 116 valence electrons. The predicted molar refractivity (Wildman–Crippen MR) is 84.9 cm³/mol. The molecule has 1 aromatic carbocycles. The first kappa shape index (κ1) is 16.2. The van der Waals surface area contributed by atoms with Crippen LogP contribution in [0, 0.1) is 0 Å². The molecule has 22 heavy (non-hydrogen) atoms. The van der Waals surface area contributed by atoms with Gasteiger partial charge in [0, 0.05) is 24.2 Å². The van der Waals surface area contributed by atoms with Crippen LogP contribution in [0.25, 0.3) is 11.4 Å². The number of nitrogens with one attached hydrogen (secondary N) is 2. The smallest absolute Gasteiger partial charge is 0.251 e. The van der Waals surface area contributed by atoms with Gasteiger partial charge >= 0.3 is 0 Å². The van der Waals surface area contributed by atoms with Gasteiger partial charge in [-0.25, -0.2) is 0 Å². The Hall–Kier alpha value is -2.18. The van der Waals surface area contributed by atoms with Crippen LogP contribution in [-0.2, 0) is 0 Å². The van der Waals surface area contributed by atoms with Crippen molar-refractivity contribution in [2.75, 3.05) is 19.6 Å². The van der Waals surface area contributed by atoms with E-state index >= 15 is 0 Å². The summed E-state index contributed by atoms with van der Waals surface area (Å²) in [5, 5.41) is 9.94. The monoisotopic (exact) mass is 320 g/mol. The van der Waals surface area contributed by atoms with Crippen molar-refractivity contribution < 1.29 is 9.32 Å². The molecule has 0 spiro atoms. The van der Waals surface area contributed by atoms with E-state index in [1.807, 2.05) is 12.1 Å². The summed E-state index contributed by atoms with van der Waals surface area (Å²) in [7, 11) is 0. The number of aromatic nitrogens is 2. The summed E-state index contributed by atoms with van der Waals surface area (Å²) in [5.74, 6) is 0.441. The second-order valence-corrected chi connectivity index (χ2v) is 4.83. The van der Waals surface area contributed by atoms with Crippen molar-refractivity contribution in [3.05, 3.63) is 47.9 Å². The molecule has 0 bridgehead atoms. The lowest BCUT2D eigenvalue weighted by atomic mass is 10.1. The minimum Gasteiger partial charge on any atom is -0.348 e. The lowest BCUT2D eigenvalue weighted by molar-refractivity contribution is 0.0956. The Balaban J connectivity index is 0.00000176. The molecule has 1 aliphatic rings. The van der Waals surface area contributed by atoms with Gasteiger partial charge < -0.3 is 15.2 Å². The number of carbonyl (C=O) groups excluding carboxylic acids is 1. The maximum absolute atomic E-state index is 12.1. The van der Waals surface area contributed by atoms with E-state index in [0.717, 1.165) is 25.1 Å². The number of rotatable bonds is 4. The van der Waals surface area contributed by atoms with Gasteiger partial charge in [-0.15, -0.1) is 12.4 Å². The van der Waals surface area contributed by atoms with Crippen LogP contribution in [0.2, 0.25) is 0 Å². The molecular formula is C15H17ClN4O2. The van der Waals surface area contributed by atoms with Gasteiger partial charge in [-0.05, 0) is 25.1 Å². The van der Waals surface area contributed by atoms with Crippen molar-refractivity contribution in [2.24, 2.45) is 0 Å². The third-order valence-corrected chi connectivity index (χ3v) is 3.40. The van der Waals surface area contributed by atoms with Crippen LogP contribution in [0.5, 0.6) is 0 Å². The summed E-state index contributed by atoms with van der Waals surface area (Å²) in [6.07, 6.45) is 4.39. The standard InChI is InChI=1S/C15H16N4O2.ClH/c20-15(17-9-11-5-7-16-8-6-11)13-3-1-12(2-4-13)14-18-10-21-19-14;/h1-5,10,16H,6-9H2,(H,17,20);1H. The molecule has 0 radical (unpaired) electrons. The molecular weight excluding hydrogens is 304 g/mol. The Labute approximate surface area is 134 Å². The van der Waals surface area contributed by atoms with Crippen LogP contribution >= 0.6 is 12.4 Å². The van der Waals surface area contributed by atoms with Crippen LogP contribution in [0.3, 0.4) is 0 Å². The van der Waals surface area contributed by atoms with E-state index in [0.29, 0.717) is 17.9 Å². The van der Waals surface area contributed by atoms with Crippen molar-refractivity contribution in [3.63, 3.8) is 0 Å². The predicted octanol–water partition coefficient (Wildman–Crippen LogP) is 1.81. The average molecular weight is 321 g/mol. The van der Waals surface area contributed by atoms with Crippen LogP contribution in [0.15, 0.2) is 46.8 Å². The summed E-state index contributed by atoms with van der Waals surface area (Å²) in [6.45, 7) is 2.46. The number of carbonyl (C=O) groups is 1. The van der Waals surface area contributed by atoms with Crippen molar-refractivity contribution in [2.45, 2.75) is 6.42 Å². The second-order valence-electron chi connectivity index (χ2n) is 4.83. The molecule has 0 aliphatic carbocycles. The maximum Gasteiger partial charge on any atom is 0.251 e. The van der Waals surface area contributed by atoms with E-state index < -0.39 is 0 Å². The van der Waals surface area contributed by atoms with Gasteiger partial charge in [-0.2, -0.15) is 4.98 Å². The summed E-state index contributed by atoms with van der Waals surface area (Å²) in [4.78, 5) is 16.0. The highest BCUT2D eigenvalue weighted by Crippen LogP contribution is 2.15. The minimum absolute atomic E-state index is 0. The molecule has 6 nitrogen and oxygen atoms in total. The SMILES string of the molecule is Cl.O=C(NCC1=CCNCC1)c1ccc(-c2ncon2)cc1. The second kappa shape index (κ2) is 7.72. The fourth-order valence-electron chi connectivity index (χ4n) is 2.19. The molecule has 0 fully saturated rings. The highest BCUT2D eigenvalue weighted by atomic mass is 35.5. The van der Waals surface area contributed by atoms with E-state index in [2.05, 4.69) is 26.9 Å². The number of hydrogen-bond acceptors (Lipinski definition) is 5. The zero-order chi connectivity index (χ0) is 14.5. The van der Waals surface area contributed by atoms with E-state index in [1.165, 1.54) is 12.0 Å². The molecule has 0 unspecified atom stereocenters. The highest BCUT2D eigenvalue weighted by molar-refractivity contribution is 5.94. The Morgan fingerprint density at radius 1 is 1.32 bits per heavy atom. The molecule has 0 atom stereocenters. The van der Waals surface area contributed by atoms with Gasteiger partial charge in [-0.1, -0.05) is 28.9 Å². The number of amides is 1. The third-order valence-electron chi connectivity index (χ3n) is 3.40. The molecule has 7 heteroatoms. The first-order valence-electron chi connectivity index (χ1n) is 6.86. The number of nitrogens with zero attached hydrogens (tertiary/aromatic N) is 2. The van der Waals surface area contributed by atoms with Gasteiger partial charge in [0.25, 0.3) is 5.91 Å². The first-order chi connectivity index (χ1) is 10.3. The van der Waals surface area contributed by atoms with Crippen molar-refractivity contribution in [1.82, 2.24) is 20.8 Å². The molecule has 1 aliphatic heterocycles. The molecule has 0 saturated heterocycles. The Morgan fingerprint density at radius 3 is 2.77 bits per heavy atom. The lowest BCUT2D eigenvalue weighted by Crippen LogP contribution is -2.29. The van der Waals surface area contributed by atoms with Crippen LogP contribution < -0.4 is 10.6 Å². The van der Waals surface area contributed by atoms with E-state index in [-0.39, 0.29) is 18.3 Å². The molecule has 2 aromatic rings. The molecule has 0 saturated carbocycles. The number of benzene rings is 1. The zero-order valence-electron chi connectivity index (χ0n) is 11.9. The largest absolute Gasteiger partial charge is 0.348 e. The van der Waals surface area contributed by atoms with Gasteiger partial charge in [-0.3, -0.25) is 4.79 Å². The maximum atomic E-state index is 12.1. The fraction of sp³-hybridized carbons (Fsp3) is 0.267. The normalized spacial score (nSPS) is 13.9. The summed E-state index contributed by atoms with van der Waals surface area (Å²) >= 11 is 0. The Morgan fingerprint density at radius 2 is 2.14 bits per heavy atom. The molecule has 3 rings (SSSR count). The number of hydrogen-bond donors (Lipinski definition) is 2. The topological polar surface area (TPSA) is 80.0 Å². The molecule has 2 N–H and O–H groups in total. The lowest BCUT2D eigenvalue weighted by Gasteiger charge is -2.14. The van der Waals surface area contributed by atoms with Crippen LogP contribution in [0.1, 0.15) is 16.8 Å². The van der Waals surface area contributed by atoms with E-state index in [9.17, 15) is 4.79 Å². The molecule has 1 amide bonds. The Kier molecular flexibility index (Phi) is 5.68. The average Bonchev–Trinajstić information content (AvgIpc) is 3.08. The first-order valence-corrected chi connectivity index (χ1v) is 6.86. The van der Waals surface area contributed by atoms with E-state index in [1.54, 1.807) is 12.1 Å². The van der Waals surface area contributed by atoms with Crippen LogP contribution in [-0.4, -0.2) is 35.7 Å². The van der Waals surface area contributed by atoms with Gasteiger partial charge in [0.05, 0.1) is 0 Å². The van der Waals surface area contributed by atoms with Gasteiger partial charge in [0.2, 0.25) is 12.2 Å². The fourth-order valence-corrected chi connectivity index (χ4v) is 2.19. The van der Waals surface area contributed by atoms with Crippen molar-refractivity contribution in [1.29, 1.82) is 0 Å². The van der Waals surface area contributed by atoms with Gasteiger partial charge in [0.1, 0.15) is 0 Å². The summed E-state index contributed by atoms with van der Waals surface area (Å²) in [6, 6.07) is 7.14. The quantitative estimate of drug-likeness (QED) is 0.840. The highest BCUT2D eigenvalue weighted by Gasteiger charge is 2.09. The minimum atomic E-state index is -0.0749.